The largest absolute Gasteiger partial charge is 0.419 e. The maximum Gasteiger partial charge on any atom is 0.267 e. The molecule has 0 amide bonds. The molecule has 3 aromatic rings. The molecular weight excluding hydrogens is 404 g/mol. The highest BCUT2D eigenvalue weighted by Gasteiger charge is 2.33. The number of hydrogen-bond acceptors (Lipinski definition) is 7. The average molecular weight is 421 g/mol. The molecule has 1 fully saturated rings. The zero-order chi connectivity index (χ0) is 20.6. The normalized spacial score (nSPS) is 18.1. The van der Waals surface area contributed by atoms with Gasteiger partial charge in [-0.25, -0.2) is 22.2 Å². The van der Waals surface area contributed by atoms with E-state index in [1.807, 2.05) is 0 Å². The molecule has 0 radical (unpaired) electrons. The molecule has 29 heavy (non-hydrogen) atoms. The summed E-state index contributed by atoms with van der Waals surface area (Å²) in [6, 6.07) is 2.55. The highest BCUT2D eigenvalue weighted by atomic mass is 32.2. The molecule has 0 bridgehead atoms. The molecule has 1 aliphatic rings. The van der Waals surface area contributed by atoms with Gasteiger partial charge in [0.1, 0.15) is 5.69 Å². The summed E-state index contributed by atoms with van der Waals surface area (Å²) in [7, 11) is -3.98. The van der Waals surface area contributed by atoms with Crippen molar-refractivity contribution < 1.29 is 21.6 Å². The molecule has 1 aliphatic heterocycles. The van der Waals surface area contributed by atoms with Crippen LogP contribution in [0.15, 0.2) is 39.9 Å². The Morgan fingerprint density at radius 2 is 1.97 bits per heavy atom. The third-order valence-electron chi connectivity index (χ3n) is 4.70. The molecule has 3 heterocycles. The minimum Gasteiger partial charge on any atom is -0.419 e. The van der Waals surface area contributed by atoms with Gasteiger partial charge in [0.05, 0.1) is 22.7 Å². The monoisotopic (exact) mass is 421 g/mol. The van der Waals surface area contributed by atoms with Crippen LogP contribution in [0.3, 0.4) is 0 Å². The van der Waals surface area contributed by atoms with Gasteiger partial charge in [0.15, 0.2) is 11.6 Å². The van der Waals surface area contributed by atoms with Crippen molar-refractivity contribution in [3.63, 3.8) is 0 Å². The van der Waals surface area contributed by atoms with Crippen LogP contribution < -0.4 is 0 Å². The van der Waals surface area contributed by atoms with Crippen molar-refractivity contribution in [3.8, 4) is 11.6 Å². The molecule has 4 rings (SSSR count). The molecule has 0 N–H and O–H groups in total. The number of piperidine rings is 1. The van der Waals surface area contributed by atoms with Crippen molar-refractivity contribution in [1.29, 1.82) is 0 Å². The van der Waals surface area contributed by atoms with Crippen molar-refractivity contribution in [2.75, 3.05) is 13.1 Å². The first-order chi connectivity index (χ1) is 13.8. The van der Waals surface area contributed by atoms with Crippen molar-refractivity contribution in [2.45, 2.75) is 30.6 Å². The molecule has 152 valence electrons. The number of sulfonamides is 1. The lowest BCUT2D eigenvalue weighted by atomic mass is 10.00. The maximum absolute atomic E-state index is 13.5. The lowest BCUT2D eigenvalue weighted by Crippen LogP contribution is -2.39. The number of benzene rings is 1. The Kier molecular flexibility index (Phi) is 5.09. The summed E-state index contributed by atoms with van der Waals surface area (Å²) in [6.45, 7) is 2.17. The Bertz CT molecular complexity index is 1130. The first-order valence-electron chi connectivity index (χ1n) is 8.92. The summed E-state index contributed by atoms with van der Waals surface area (Å²) in [5.74, 6) is -2.12. The van der Waals surface area contributed by atoms with E-state index in [-0.39, 0.29) is 29.8 Å². The zero-order valence-electron chi connectivity index (χ0n) is 15.4. The van der Waals surface area contributed by atoms with Crippen LogP contribution in [-0.4, -0.2) is 46.0 Å². The number of aromatic nitrogens is 4. The predicted molar refractivity (Wildman–Crippen MR) is 97.2 cm³/mol. The minimum absolute atomic E-state index is 0.0997. The van der Waals surface area contributed by atoms with E-state index in [0.717, 1.165) is 17.8 Å². The van der Waals surface area contributed by atoms with Crippen molar-refractivity contribution in [1.82, 2.24) is 24.5 Å². The Morgan fingerprint density at radius 3 is 2.69 bits per heavy atom. The maximum atomic E-state index is 13.5. The number of rotatable bonds is 4. The van der Waals surface area contributed by atoms with Crippen LogP contribution in [0.25, 0.3) is 11.6 Å². The molecule has 1 aromatic carbocycles. The summed E-state index contributed by atoms with van der Waals surface area (Å²) in [6.07, 6.45) is 4.32. The second-order valence-corrected chi connectivity index (χ2v) is 8.70. The Morgan fingerprint density at radius 1 is 1.14 bits per heavy atom. The lowest BCUT2D eigenvalue weighted by molar-refractivity contribution is 0.286. The minimum atomic E-state index is -3.98. The molecule has 0 aliphatic carbocycles. The molecule has 11 heteroatoms. The van der Waals surface area contributed by atoms with Gasteiger partial charge in [-0.05, 0) is 38.0 Å². The predicted octanol–water partition coefficient (Wildman–Crippen LogP) is 2.68. The fourth-order valence-electron chi connectivity index (χ4n) is 3.15. The van der Waals surface area contributed by atoms with Gasteiger partial charge in [-0.3, -0.25) is 4.98 Å². The van der Waals surface area contributed by atoms with Gasteiger partial charge < -0.3 is 4.42 Å². The van der Waals surface area contributed by atoms with Gasteiger partial charge in [-0.1, -0.05) is 0 Å². The van der Waals surface area contributed by atoms with Crippen molar-refractivity contribution in [3.05, 3.63) is 53.8 Å². The van der Waals surface area contributed by atoms with E-state index < -0.39 is 21.7 Å². The van der Waals surface area contributed by atoms with E-state index >= 15 is 0 Å². The summed E-state index contributed by atoms with van der Waals surface area (Å²) in [5.41, 5.74) is 1.18. The van der Waals surface area contributed by atoms with E-state index in [1.54, 1.807) is 13.1 Å². The van der Waals surface area contributed by atoms with Crippen LogP contribution in [-0.2, 0) is 10.0 Å². The number of hydrogen-bond donors (Lipinski definition) is 0. The summed E-state index contributed by atoms with van der Waals surface area (Å²) in [4.78, 5) is 8.02. The van der Waals surface area contributed by atoms with Gasteiger partial charge in [0, 0.05) is 19.3 Å². The van der Waals surface area contributed by atoms with Crippen LogP contribution in [0.1, 0.15) is 30.3 Å². The quantitative estimate of drug-likeness (QED) is 0.638. The van der Waals surface area contributed by atoms with Crippen LogP contribution in [0, 0.1) is 18.6 Å². The highest BCUT2D eigenvalue weighted by molar-refractivity contribution is 7.89. The van der Waals surface area contributed by atoms with Gasteiger partial charge >= 0.3 is 0 Å². The summed E-state index contributed by atoms with van der Waals surface area (Å²) >= 11 is 0. The van der Waals surface area contributed by atoms with Gasteiger partial charge in [0.2, 0.25) is 15.9 Å². The lowest BCUT2D eigenvalue weighted by Gasteiger charge is -2.30. The molecule has 0 saturated carbocycles. The van der Waals surface area contributed by atoms with E-state index in [2.05, 4.69) is 20.2 Å². The van der Waals surface area contributed by atoms with E-state index in [9.17, 15) is 17.2 Å². The van der Waals surface area contributed by atoms with Crippen molar-refractivity contribution in [2.24, 2.45) is 0 Å². The topological polar surface area (TPSA) is 102 Å². The SMILES string of the molecule is Cc1cnc(-c2nnc([C@@H]3CCCN(S(=O)(=O)c4ccc(F)c(F)c4)C3)o2)cn1. The number of aryl methyl sites for hydroxylation is 1. The van der Waals surface area contributed by atoms with Gasteiger partial charge in [-0.15, -0.1) is 10.2 Å². The smallest absolute Gasteiger partial charge is 0.267 e. The number of nitrogens with zero attached hydrogens (tertiary/aromatic N) is 5. The Hall–Kier alpha value is -2.79. The Balaban J connectivity index is 1.55. The van der Waals surface area contributed by atoms with Crippen LogP contribution in [0.5, 0.6) is 0 Å². The summed E-state index contributed by atoms with van der Waals surface area (Å²) in [5, 5.41) is 8.02. The fraction of sp³-hybridized carbons (Fsp3) is 0.333. The van der Waals surface area contributed by atoms with Crippen LogP contribution in [0.4, 0.5) is 8.78 Å². The third kappa shape index (κ3) is 3.87. The molecule has 1 atom stereocenters. The second-order valence-electron chi connectivity index (χ2n) is 6.77. The fourth-order valence-corrected chi connectivity index (χ4v) is 4.69. The molecular formula is C18H17F2N5O3S. The van der Waals surface area contributed by atoms with Crippen LogP contribution >= 0.6 is 0 Å². The van der Waals surface area contributed by atoms with E-state index in [0.29, 0.717) is 30.5 Å². The Labute approximate surface area is 165 Å². The molecule has 0 spiro atoms. The third-order valence-corrected chi connectivity index (χ3v) is 6.56. The van der Waals surface area contributed by atoms with E-state index in [1.165, 1.54) is 10.5 Å². The second kappa shape index (κ2) is 7.56. The first kappa shape index (κ1) is 19.5. The number of halogens is 2. The van der Waals surface area contributed by atoms with Gasteiger partial charge in [-0.2, -0.15) is 4.31 Å². The standard InChI is InChI=1S/C18H17F2N5O3S/c1-11-8-22-16(9-21-11)18-24-23-17(28-18)12-3-2-6-25(10-12)29(26,27)13-4-5-14(19)15(20)7-13/h4-5,7-9,12H,2-3,6,10H2,1H3/t12-/m1/s1. The molecule has 8 nitrogen and oxygen atoms in total. The van der Waals surface area contributed by atoms with Crippen LogP contribution in [0.2, 0.25) is 0 Å². The molecule has 0 unspecified atom stereocenters. The molecule has 2 aromatic heterocycles. The first-order valence-corrected chi connectivity index (χ1v) is 10.4. The molecule has 1 saturated heterocycles. The zero-order valence-corrected chi connectivity index (χ0v) is 16.2. The van der Waals surface area contributed by atoms with Crippen molar-refractivity contribution >= 4 is 10.0 Å². The average Bonchev–Trinajstić information content (AvgIpc) is 3.21. The summed E-state index contributed by atoms with van der Waals surface area (Å²) < 4.78 is 59.3. The van der Waals surface area contributed by atoms with E-state index in [4.69, 9.17) is 4.42 Å². The van der Waals surface area contributed by atoms with Gasteiger partial charge in [0.25, 0.3) is 5.89 Å². The highest BCUT2D eigenvalue weighted by Crippen LogP contribution is 2.31.